The third kappa shape index (κ3) is 3.47. The summed E-state index contributed by atoms with van der Waals surface area (Å²) >= 11 is 0. The standard InChI is InChI=1S/C15H14F3NO3/c1-7(2)14-15(21)19-12(22-14)6-9(20)3-8-4-10(16)13(18)11(17)5-8/h4-7,14H,3H2,1-2H3,(H,19,21)/b12-6+/t14-/m0/s1. The van der Waals surface area contributed by atoms with Gasteiger partial charge in [-0.1, -0.05) is 13.8 Å². The van der Waals surface area contributed by atoms with Gasteiger partial charge in [-0.05, 0) is 23.6 Å². The quantitative estimate of drug-likeness (QED) is 0.685. The molecule has 1 fully saturated rings. The van der Waals surface area contributed by atoms with Crippen molar-refractivity contribution in [3.8, 4) is 0 Å². The Hall–Kier alpha value is -2.31. The first kappa shape index (κ1) is 16.1. The zero-order valence-corrected chi connectivity index (χ0v) is 12.0. The molecule has 0 radical (unpaired) electrons. The summed E-state index contributed by atoms with van der Waals surface area (Å²) in [6.45, 7) is 3.58. The van der Waals surface area contributed by atoms with Crippen molar-refractivity contribution in [1.82, 2.24) is 5.32 Å². The number of carbonyl (C=O) groups excluding carboxylic acids is 2. The van der Waals surface area contributed by atoms with E-state index in [-0.39, 0.29) is 29.7 Å². The zero-order valence-electron chi connectivity index (χ0n) is 12.0. The second kappa shape index (κ2) is 6.21. The minimum Gasteiger partial charge on any atom is -0.465 e. The number of carbonyl (C=O) groups is 2. The molecule has 1 N–H and O–H groups in total. The van der Waals surface area contributed by atoms with Gasteiger partial charge in [0.25, 0.3) is 5.91 Å². The van der Waals surface area contributed by atoms with Crippen molar-refractivity contribution >= 4 is 11.7 Å². The largest absolute Gasteiger partial charge is 0.465 e. The molecule has 1 aliphatic heterocycles. The van der Waals surface area contributed by atoms with Crippen LogP contribution in [-0.4, -0.2) is 17.8 Å². The smallest absolute Gasteiger partial charge is 0.268 e. The Kier molecular flexibility index (Phi) is 4.54. The number of ketones is 1. The average Bonchev–Trinajstić information content (AvgIpc) is 2.76. The van der Waals surface area contributed by atoms with Crippen LogP contribution in [0.1, 0.15) is 19.4 Å². The summed E-state index contributed by atoms with van der Waals surface area (Å²) < 4.78 is 44.2. The number of ether oxygens (including phenoxy) is 1. The van der Waals surface area contributed by atoms with Gasteiger partial charge in [0.05, 0.1) is 0 Å². The number of benzene rings is 1. The molecule has 4 nitrogen and oxygen atoms in total. The summed E-state index contributed by atoms with van der Waals surface area (Å²) in [6, 6.07) is 1.50. The zero-order chi connectivity index (χ0) is 16.4. The molecular formula is C15H14F3NO3. The SMILES string of the molecule is CC(C)[C@@H]1O/C(=C/C(=O)Cc2cc(F)c(F)c(F)c2)NC1=O. The number of hydrogen-bond donors (Lipinski definition) is 1. The van der Waals surface area contributed by atoms with Gasteiger partial charge < -0.3 is 4.74 Å². The van der Waals surface area contributed by atoms with Crippen LogP contribution in [-0.2, 0) is 20.7 Å². The number of rotatable bonds is 4. The van der Waals surface area contributed by atoms with Crippen molar-refractivity contribution < 1.29 is 27.5 Å². The first-order chi connectivity index (χ1) is 10.3. The van der Waals surface area contributed by atoms with Crippen molar-refractivity contribution in [2.75, 3.05) is 0 Å². The number of hydrogen-bond acceptors (Lipinski definition) is 3. The Balaban J connectivity index is 2.08. The van der Waals surface area contributed by atoms with Gasteiger partial charge in [0.1, 0.15) is 0 Å². The lowest BCUT2D eigenvalue weighted by Crippen LogP contribution is -2.27. The van der Waals surface area contributed by atoms with Gasteiger partial charge in [-0.2, -0.15) is 0 Å². The molecule has 1 amide bonds. The van der Waals surface area contributed by atoms with Crippen LogP contribution < -0.4 is 5.32 Å². The molecule has 1 heterocycles. The average molecular weight is 313 g/mol. The number of allylic oxidation sites excluding steroid dienone is 1. The molecule has 0 unspecified atom stereocenters. The lowest BCUT2D eigenvalue weighted by Gasteiger charge is -2.10. The van der Waals surface area contributed by atoms with Crippen LogP contribution in [0.2, 0.25) is 0 Å². The van der Waals surface area contributed by atoms with E-state index in [0.29, 0.717) is 0 Å². The maximum absolute atomic E-state index is 13.1. The lowest BCUT2D eigenvalue weighted by atomic mass is 10.1. The fourth-order valence-corrected chi connectivity index (χ4v) is 2.03. The molecule has 1 aromatic rings. The van der Waals surface area contributed by atoms with Crippen LogP contribution in [0.25, 0.3) is 0 Å². The molecule has 0 aromatic heterocycles. The molecule has 0 bridgehead atoms. The fourth-order valence-electron chi connectivity index (χ4n) is 2.03. The molecule has 118 valence electrons. The molecule has 7 heteroatoms. The minimum absolute atomic E-state index is 0.00300. The Bertz CT molecular complexity index is 632. The van der Waals surface area contributed by atoms with E-state index < -0.39 is 29.3 Å². The second-order valence-electron chi connectivity index (χ2n) is 5.30. The predicted molar refractivity (Wildman–Crippen MR) is 71.0 cm³/mol. The van der Waals surface area contributed by atoms with Crippen LogP contribution in [0.5, 0.6) is 0 Å². The highest BCUT2D eigenvalue weighted by atomic mass is 19.2. The van der Waals surface area contributed by atoms with Crippen molar-refractivity contribution in [3.63, 3.8) is 0 Å². The molecular weight excluding hydrogens is 299 g/mol. The fraction of sp³-hybridized carbons (Fsp3) is 0.333. The molecule has 1 aromatic carbocycles. The summed E-state index contributed by atoms with van der Waals surface area (Å²) in [6.07, 6.45) is 0.0163. The lowest BCUT2D eigenvalue weighted by molar-refractivity contribution is -0.125. The number of halogens is 3. The maximum Gasteiger partial charge on any atom is 0.268 e. The molecule has 0 saturated carbocycles. The second-order valence-corrected chi connectivity index (χ2v) is 5.30. The summed E-state index contributed by atoms with van der Waals surface area (Å²) in [7, 11) is 0. The van der Waals surface area contributed by atoms with E-state index in [9.17, 15) is 22.8 Å². The van der Waals surface area contributed by atoms with Gasteiger partial charge >= 0.3 is 0 Å². The van der Waals surface area contributed by atoms with E-state index >= 15 is 0 Å². The van der Waals surface area contributed by atoms with Gasteiger partial charge in [0.15, 0.2) is 35.2 Å². The summed E-state index contributed by atoms with van der Waals surface area (Å²) in [4.78, 5) is 23.4. The third-order valence-corrected chi connectivity index (χ3v) is 3.08. The molecule has 22 heavy (non-hydrogen) atoms. The highest BCUT2D eigenvalue weighted by Crippen LogP contribution is 2.18. The minimum atomic E-state index is -1.58. The monoisotopic (exact) mass is 313 g/mol. The van der Waals surface area contributed by atoms with E-state index in [1.165, 1.54) is 0 Å². The first-order valence-corrected chi connectivity index (χ1v) is 6.63. The topological polar surface area (TPSA) is 55.4 Å². The van der Waals surface area contributed by atoms with Crippen molar-refractivity contribution in [1.29, 1.82) is 0 Å². The van der Waals surface area contributed by atoms with Gasteiger partial charge in [-0.25, -0.2) is 13.2 Å². The molecule has 0 spiro atoms. The van der Waals surface area contributed by atoms with Crippen LogP contribution in [0.4, 0.5) is 13.2 Å². The van der Waals surface area contributed by atoms with Gasteiger partial charge in [-0.15, -0.1) is 0 Å². The molecule has 2 rings (SSSR count). The van der Waals surface area contributed by atoms with E-state index in [0.717, 1.165) is 18.2 Å². The Morgan fingerprint density at radius 1 is 1.32 bits per heavy atom. The van der Waals surface area contributed by atoms with E-state index in [1.54, 1.807) is 13.8 Å². The highest BCUT2D eigenvalue weighted by Gasteiger charge is 2.32. The van der Waals surface area contributed by atoms with Crippen molar-refractivity contribution in [2.45, 2.75) is 26.4 Å². The first-order valence-electron chi connectivity index (χ1n) is 6.63. The van der Waals surface area contributed by atoms with Crippen LogP contribution in [0.15, 0.2) is 24.1 Å². The van der Waals surface area contributed by atoms with Gasteiger partial charge in [-0.3, -0.25) is 14.9 Å². The van der Waals surface area contributed by atoms with Crippen molar-refractivity contribution in [3.05, 3.63) is 47.1 Å². The molecule has 1 aliphatic rings. The molecule has 1 atom stereocenters. The molecule has 1 saturated heterocycles. The normalized spacial score (nSPS) is 19.5. The Morgan fingerprint density at radius 3 is 2.41 bits per heavy atom. The summed E-state index contributed by atoms with van der Waals surface area (Å²) in [5.41, 5.74) is -0.0111. The maximum atomic E-state index is 13.1. The Morgan fingerprint density at radius 2 is 1.91 bits per heavy atom. The predicted octanol–water partition coefficient (Wildman–Crippen LogP) is 2.23. The van der Waals surface area contributed by atoms with Crippen LogP contribution in [0, 0.1) is 23.4 Å². The number of nitrogens with one attached hydrogen (secondary N) is 1. The van der Waals surface area contributed by atoms with Crippen LogP contribution >= 0.6 is 0 Å². The molecule has 0 aliphatic carbocycles. The van der Waals surface area contributed by atoms with Crippen molar-refractivity contribution in [2.24, 2.45) is 5.92 Å². The number of amides is 1. The van der Waals surface area contributed by atoms with Gasteiger partial charge in [0, 0.05) is 12.5 Å². The third-order valence-electron chi connectivity index (χ3n) is 3.08. The highest BCUT2D eigenvalue weighted by molar-refractivity contribution is 5.93. The van der Waals surface area contributed by atoms with Gasteiger partial charge in [0.2, 0.25) is 0 Å². The van der Waals surface area contributed by atoms with E-state index in [4.69, 9.17) is 4.74 Å². The summed E-state index contributed by atoms with van der Waals surface area (Å²) in [5.74, 6) is -5.27. The summed E-state index contributed by atoms with van der Waals surface area (Å²) in [5, 5.41) is 2.40. The van der Waals surface area contributed by atoms with E-state index in [1.807, 2.05) is 0 Å². The van der Waals surface area contributed by atoms with Crippen LogP contribution in [0.3, 0.4) is 0 Å². The Labute approximate surface area is 125 Å². The van der Waals surface area contributed by atoms with E-state index in [2.05, 4.69) is 5.32 Å².